The van der Waals surface area contributed by atoms with Crippen LogP contribution in [0.5, 0.6) is 5.75 Å². The molecule has 2 aromatic carbocycles. The third-order valence-corrected chi connectivity index (χ3v) is 9.46. The molecule has 0 saturated carbocycles. The van der Waals surface area contributed by atoms with Gasteiger partial charge in [-0.3, -0.25) is 0 Å². The number of unbranched alkanes of at least 4 members (excludes halogenated alkanes) is 4. The molecule has 3 rings (SSSR count). The van der Waals surface area contributed by atoms with Gasteiger partial charge in [0.25, 0.3) is 0 Å². The second-order valence-corrected chi connectivity index (χ2v) is 12.9. The third-order valence-electron chi connectivity index (χ3n) is 6.09. The molecule has 0 aliphatic carbocycles. The molecule has 0 aromatic heterocycles. The first kappa shape index (κ1) is 34.3. The molecule has 1 heterocycles. The second kappa shape index (κ2) is 13.4. The first-order valence-electron chi connectivity index (χ1n) is 12.4. The average Bonchev–Trinajstić information content (AvgIpc) is 3.40. The molecule has 0 spiro atoms. The summed E-state index contributed by atoms with van der Waals surface area (Å²) in [5, 5.41) is -4.45. The Morgan fingerprint density at radius 1 is 0.800 bits per heavy atom. The van der Waals surface area contributed by atoms with Gasteiger partial charge in [0.1, 0.15) is 17.3 Å². The fraction of sp³-hybridized carbons (Fsp3) is 0.600. The van der Waals surface area contributed by atoms with Crippen molar-refractivity contribution in [3.05, 3.63) is 36.4 Å². The van der Waals surface area contributed by atoms with E-state index in [1.165, 1.54) is 67.2 Å². The molecule has 0 radical (unpaired) electrons. The topological polar surface area (TPSA) is 66.4 Å². The molecule has 15 heteroatoms. The van der Waals surface area contributed by atoms with Crippen LogP contribution in [0, 0.1) is 0 Å². The lowest BCUT2D eigenvalue weighted by Gasteiger charge is -2.34. The number of halogens is 9. The zero-order chi connectivity index (χ0) is 30.4. The van der Waals surface area contributed by atoms with Crippen LogP contribution in [0.4, 0.5) is 39.5 Å². The zero-order valence-electron chi connectivity index (χ0n) is 21.4. The molecule has 0 amide bonds. The zero-order valence-corrected chi connectivity index (χ0v) is 23.0. The van der Waals surface area contributed by atoms with Crippen LogP contribution in [-0.4, -0.2) is 54.4 Å². The molecule has 1 fully saturated rings. The predicted octanol–water partition coefficient (Wildman–Crippen LogP) is 7.92. The Morgan fingerprint density at radius 3 is 1.90 bits per heavy atom. The van der Waals surface area contributed by atoms with Crippen LogP contribution in [-0.2, 0) is 21.0 Å². The second-order valence-electron chi connectivity index (χ2n) is 9.16. The van der Waals surface area contributed by atoms with E-state index in [4.69, 9.17) is 4.74 Å². The van der Waals surface area contributed by atoms with Crippen LogP contribution in [0.1, 0.15) is 51.9 Å². The molecule has 228 valence electrons. The molecule has 2 aromatic rings. The van der Waals surface area contributed by atoms with Gasteiger partial charge in [-0.2, -0.15) is 39.5 Å². The van der Waals surface area contributed by atoms with Gasteiger partial charge in [0.2, 0.25) is 0 Å². The molecule has 1 saturated heterocycles. The molecule has 0 unspecified atom stereocenters. The first-order chi connectivity index (χ1) is 18.4. The molecule has 0 bridgehead atoms. The summed E-state index contributed by atoms with van der Waals surface area (Å²) in [6.45, 7) is 3.10. The van der Waals surface area contributed by atoms with Crippen LogP contribution >= 0.6 is 0 Å². The summed E-state index contributed by atoms with van der Waals surface area (Å²) < 4.78 is 141. The Labute approximate surface area is 229 Å². The van der Waals surface area contributed by atoms with Crippen molar-refractivity contribution in [1.29, 1.82) is 0 Å². The minimum absolute atomic E-state index is 0.508. The Hall–Kier alpha value is -1.87. The van der Waals surface area contributed by atoms with Gasteiger partial charge in [-0.15, -0.1) is 0 Å². The highest BCUT2D eigenvalue weighted by atomic mass is 32.2. The summed E-state index contributed by atoms with van der Waals surface area (Å²) in [4.78, 5) is 1.56. The summed E-state index contributed by atoms with van der Waals surface area (Å²) in [7, 11) is -6.91. The monoisotopic (exact) mass is 628 g/mol. The predicted molar refractivity (Wildman–Crippen MR) is 133 cm³/mol. The average molecular weight is 629 g/mol. The molecule has 0 N–H and O–H groups in total. The first-order valence-corrected chi connectivity index (χ1v) is 15.3. The quantitative estimate of drug-likeness (QED) is 0.110. The fourth-order valence-electron chi connectivity index (χ4n) is 3.78. The van der Waals surface area contributed by atoms with Crippen molar-refractivity contribution in [3.63, 3.8) is 0 Å². The van der Waals surface area contributed by atoms with Gasteiger partial charge in [0, 0.05) is 17.0 Å². The highest BCUT2D eigenvalue weighted by Gasteiger charge is 2.83. The van der Waals surface area contributed by atoms with E-state index >= 15 is 0 Å². The SMILES string of the molecule is CCCCCCCOc1ccc2cc([S+]3CCCC3)ccc2c1.O=S(=O)([O-])C(F)(F)C(F)(F)C(F)(F)C(F)(F)F. The lowest BCUT2D eigenvalue weighted by atomic mass is 10.1. The van der Waals surface area contributed by atoms with Crippen LogP contribution in [0.3, 0.4) is 0 Å². The van der Waals surface area contributed by atoms with Crippen molar-refractivity contribution in [2.45, 2.75) is 80.0 Å². The summed E-state index contributed by atoms with van der Waals surface area (Å²) >= 11 is 0. The normalized spacial score (nSPS) is 15.7. The number of rotatable bonds is 11. The maximum absolute atomic E-state index is 12.2. The van der Waals surface area contributed by atoms with Crippen LogP contribution in [0.15, 0.2) is 41.3 Å². The fourth-order valence-corrected chi connectivity index (χ4v) is 6.55. The van der Waals surface area contributed by atoms with Crippen molar-refractivity contribution in [2.24, 2.45) is 0 Å². The van der Waals surface area contributed by atoms with Crippen LogP contribution in [0.25, 0.3) is 10.8 Å². The van der Waals surface area contributed by atoms with E-state index in [2.05, 4.69) is 43.3 Å². The van der Waals surface area contributed by atoms with E-state index in [-0.39, 0.29) is 0 Å². The lowest BCUT2D eigenvalue weighted by Crippen LogP contribution is -2.63. The highest BCUT2D eigenvalue weighted by molar-refractivity contribution is 7.97. The summed E-state index contributed by atoms with van der Waals surface area (Å²) in [5.74, 6) is -11.0. The molecule has 0 atom stereocenters. The van der Waals surface area contributed by atoms with Crippen LogP contribution in [0.2, 0.25) is 0 Å². The molecule has 1 aliphatic rings. The minimum Gasteiger partial charge on any atom is -0.743 e. The standard InChI is InChI=1S/C21H29OS.C4HF9O3S/c1-2-3-4-5-6-13-22-20-11-9-19-17-21(12-10-18(19)16-20)23-14-7-8-15-23;5-1(6,3(9,10)11)2(7,8)4(12,13)17(14,15)16/h9-12,16-17H,2-8,13-15H2,1H3;(H,14,15,16)/q+1;/p-1. The summed E-state index contributed by atoms with van der Waals surface area (Å²) in [6.07, 6.45) is 2.09. The van der Waals surface area contributed by atoms with E-state index in [0.717, 1.165) is 12.4 Å². The van der Waals surface area contributed by atoms with Gasteiger partial charge in [-0.05, 0) is 54.3 Å². The molecule has 40 heavy (non-hydrogen) atoms. The smallest absolute Gasteiger partial charge is 0.460 e. The van der Waals surface area contributed by atoms with Crippen molar-refractivity contribution in [2.75, 3.05) is 18.1 Å². The van der Waals surface area contributed by atoms with Gasteiger partial charge in [-0.25, -0.2) is 8.42 Å². The third kappa shape index (κ3) is 7.90. The molecular formula is C25H29F9O4S2. The lowest BCUT2D eigenvalue weighted by molar-refractivity contribution is -0.382. The van der Waals surface area contributed by atoms with E-state index in [9.17, 15) is 52.5 Å². The minimum atomic E-state index is -7.43. The number of hydrogen-bond acceptors (Lipinski definition) is 4. The van der Waals surface area contributed by atoms with Crippen molar-refractivity contribution < 1.29 is 57.2 Å². The van der Waals surface area contributed by atoms with E-state index in [0.29, 0.717) is 10.9 Å². The van der Waals surface area contributed by atoms with Gasteiger partial charge < -0.3 is 9.29 Å². The van der Waals surface area contributed by atoms with E-state index in [1.807, 2.05) is 0 Å². The Bertz CT molecular complexity index is 1210. The maximum Gasteiger partial charge on any atom is 0.460 e. The number of ether oxygens (including phenoxy) is 1. The van der Waals surface area contributed by atoms with Gasteiger partial charge in [-0.1, -0.05) is 38.7 Å². The number of alkyl halides is 9. The Morgan fingerprint density at radius 2 is 1.35 bits per heavy atom. The molecular weight excluding hydrogens is 599 g/mol. The van der Waals surface area contributed by atoms with Crippen molar-refractivity contribution >= 4 is 31.8 Å². The van der Waals surface area contributed by atoms with Crippen molar-refractivity contribution in [1.82, 2.24) is 0 Å². The highest BCUT2D eigenvalue weighted by Crippen LogP contribution is 2.54. The Balaban J connectivity index is 0.000000296. The van der Waals surface area contributed by atoms with E-state index in [1.54, 1.807) is 4.90 Å². The molecule has 4 nitrogen and oxygen atoms in total. The van der Waals surface area contributed by atoms with Gasteiger partial charge in [0.15, 0.2) is 15.0 Å². The largest absolute Gasteiger partial charge is 0.743 e. The maximum atomic E-state index is 12.2. The number of benzene rings is 2. The number of fused-ring (bicyclic) bond motifs is 1. The van der Waals surface area contributed by atoms with Crippen molar-refractivity contribution in [3.8, 4) is 5.75 Å². The summed E-state index contributed by atoms with van der Waals surface area (Å²) in [6, 6.07) is 13.6. The van der Waals surface area contributed by atoms with Gasteiger partial charge >= 0.3 is 23.3 Å². The Kier molecular flexibility index (Phi) is 11.5. The van der Waals surface area contributed by atoms with Gasteiger partial charge in [0.05, 0.1) is 6.61 Å². The van der Waals surface area contributed by atoms with Crippen LogP contribution < -0.4 is 4.74 Å². The number of hydrogen-bond donors (Lipinski definition) is 0. The molecule has 1 aliphatic heterocycles. The van der Waals surface area contributed by atoms with E-state index < -0.39 is 33.4 Å². The summed E-state index contributed by atoms with van der Waals surface area (Å²) in [5.41, 5.74) is 0.